The minimum Gasteiger partial charge on any atom is -0.395 e. The van der Waals surface area contributed by atoms with E-state index in [0.717, 1.165) is 13.0 Å². The number of carbonyl (C=O) groups excluding carboxylic acids is 2. The third-order valence-electron chi connectivity index (χ3n) is 5.67. The topological polar surface area (TPSA) is 73.3 Å². The van der Waals surface area contributed by atoms with Crippen LogP contribution in [-0.2, 0) is 14.3 Å². The Morgan fingerprint density at radius 1 is 1.30 bits per heavy atom. The zero-order chi connectivity index (χ0) is 16.4. The Labute approximate surface area is 137 Å². The SMILES string of the molecule is CN1CCN(CCO)C(=O)C12CCN(C(=O)[C@H]1CCOC1)CC2. The van der Waals surface area contributed by atoms with Crippen molar-refractivity contribution in [2.45, 2.75) is 24.8 Å². The lowest BCUT2D eigenvalue weighted by atomic mass is 9.82. The van der Waals surface area contributed by atoms with Gasteiger partial charge in [0.05, 0.1) is 19.1 Å². The van der Waals surface area contributed by atoms with Gasteiger partial charge in [0.2, 0.25) is 11.8 Å². The number of carbonyl (C=O) groups is 2. The lowest BCUT2D eigenvalue weighted by Crippen LogP contribution is -2.68. The molecule has 3 heterocycles. The van der Waals surface area contributed by atoms with Crippen molar-refractivity contribution in [1.29, 1.82) is 0 Å². The van der Waals surface area contributed by atoms with Crippen LogP contribution in [0.4, 0.5) is 0 Å². The van der Waals surface area contributed by atoms with Gasteiger partial charge in [0.15, 0.2) is 0 Å². The Kier molecular flexibility index (Phi) is 4.89. The van der Waals surface area contributed by atoms with Crippen molar-refractivity contribution < 1.29 is 19.4 Å². The summed E-state index contributed by atoms with van der Waals surface area (Å²) in [5.74, 6) is 0.279. The van der Waals surface area contributed by atoms with E-state index in [1.165, 1.54) is 0 Å². The standard InChI is InChI=1S/C16H27N3O4/c1-17-7-8-19(9-10-20)15(22)16(17)3-5-18(6-4-16)14(21)13-2-11-23-12-13/h13,20H,2-12H2,1H3/t13-/m0/s1. The molecular weight excluding hydrogens is 298 g/mol. The van der Waals surface area contributed by atoms with Gasteiger partial charge in [-0.1, -0.05) is 0 Å². The maximum Gasteiger partial charge on any atom is 0.243 e. The van der Waals surface area contributed by atoms with Crippen molar-refractivity contribution in [3.63, 3.8) is 0 Å². The molecule has 0 aliphatic carbocycles. The highest BCUT2D eigenvalue weighted by molar-refractivity contribution is 5.88. The first-order valence-corrected chi connectivity index (χ1v) is 8.56. The molecule has 1 spiro atoms. The first-order chi connectivity index (χ1) is 11.1. The number of aliphatic hydroxyl groups is 1. The second kappa shape index (κ2) is 6.75. The minimum absolute atomic E-state index is 0.00216. The van der Waals surface area contributed by atoms with Gasteiger partial charge in [0.1, 0.15) is 5.54 Å². The van der Waals surface area contributed by atoms with Crippen LogP contribution >= 0.6 is 0 Å². The monoisotopic (exact) mass is 325 g/mol. The van der Waals surface area contributed by atoms with Gasteiger partial charge < -0.3 is 19.6 Å². The summed E-state index contributed by atoms with van der Waals surface area (Å²) in [4.78, 5) is 31.2. The molecule has 0 unspecified atom stereocenters. The van der Waals surface area contributed by atoms with Crippen LogP contribution in [0.2, 0.25) is 0 Å². The molecule has 0 aromatic carbocycles. The molecule has 1 N–H and O–H groups in total. The molecule has 7 nitrogen and oxygen atoms in total. The molecule has 0 aromatic heterocycles. The Hall–Kier alpha value is -1.18. The molecule has 3 rings (SSSR count). The van der Waals surface area contributed by atoms with Gasteiger partial charge in [0, 0.05) is 39.3 Å². The number of hydrogen-bond donors (Lipinski definition) is 1. The summed E-state index contributed by atoms with van der Waals surface area (Å²) >= 11 is 0. The molecule has 23 heavy (non-hydrogen) atoms. The Bertz CT molecular complexity index is 456. The predicted molar refractivity (Wildman–Crippen MR) is 83.8 cm³/mol. The van der Waals surface area contributed by atoms with E-state index < -0.39 is 5.54 Å². The number of piperazine rings is 1. The Morgan fingerprint density at radius 3 is 2.65 bits per heavy atom. The second-order valence-corrected chi connectivity index (χ2v) is 6.85. The van der Waals surface area contributed by atoms with E-state index in [4.69, 9.17) is 9.84 Å². The van der Waals surface area contributed by atoms with Crippen LogP contribution < -0.4 is 0 Å². The van der Waals surface area contributed by atoms with Crippen molar-refractivity contribution in [1.82, 2.24) is 14.7 Å². The maximum atomic E-state index is 12.9. The number of likely N-dealkylation sites (N-methyl/N-ethyl adjacent to an activating group) is 1. The Balaban J connectivity index is 1.65. The van der Waals surface area contributed by atoms with Crippen molar-refractivity contribution in [2.24, 2.45) is 5.92 Å². The highest BCUT2D eigenvalue weighted by Gasteiger charge is 2.49. The van der Waals surface area contributed by atoms with E-state index in [1.54, 1.807) is 4.90 Å². The summed E-state index contributed by atoms with van der Waals surface area (Å²) in [5, 5.41) is 9.15. The van der Waals surface area contributed by atoms with E-state index in [9.17, 15) is 9.59 Å². The molecular formula is C16H27N3O4. The molecule has 7 heteroatoms. The molecule has 2 amide bonds. The van der Waals surface area contributed by atoms with Crippen LogP contribution in [-0.4, -0.2) is 96.8 Å². The lowest BCUT2D eigenvalue weighted by molar-refractivity contribution is -0.157. The van der Waals surface area contributed by atoms with Gasteiger partial charge in [-0.15, -0.1) is 0 Å². The second-order valence-electron chi connectivity index (χ2n) is 6.85. The molecule has 3 aliphatic rings. The molecule has 1 atom stereocenters. The highest BCUT2D eigenvalue weighted by Crippen LogP contribution is 2.33. The van der Waals surface area contributed by atoms with Gasteiger partial charge in [-0.25, -0.2) is 0 Å². The fourth-order valence-corrected chi connectivity index (χ4v) is 4.06. The molecule has 3 fully saturated rings. The fourth-order valence-electron chi connectivity index (χ4n) is 4.06. The average molecular weight is 325 g/mol. The quantitative estimate of drug-likeness (QED) is 0.732. The first-order valence-electron chi connectivity index (χ1n) is 8.56. The largest absolute Gasteiger partial charge is 0.395 e. The number of hydrogen-bond acceptors (Lipinski definition) is 5. The molecule has 0 radical (unpaired) electrons. The fraction of sp³-hybridized carbons (Fsp3) is 0.875. The molecule has 0 aromatic rings. The maximum absolute atomic E-state index is 12.9. The van der Waals surface area contributed by atoms with E-state index in [1.807, 2.05) is 11.9 Å². The number of likely N-dealkylation sites (tertiary alicyclic amines) is 1. The van der Waals surface area contributed by atoms with Crippen LogP contribution in [0.3, 0.4) is 0 Å². The van der Waals surface area contributed by atoms with Crippen LogP contribution in [0.15, 0.2) is 0 Å². The number of nitrogens with zero attached hydrogens (tertiary/aromatic N) is 3. The van der Waals surface area contributed by atoms with E-state index in [-0.39, 0.29) is 24.3 Å². The number of amides is 2. The molecule has 0 bridgehead atoms. The summed E-state index contributed by atoms with van der Waals surface area (Å²) in [6.07, 6.45) is 2.15. The van der Waals surface area contributed by atoms with Crippen molar-refractivity contribution in [3.8, 4) is 0 Å². The van der Waals surface area contributed by atoms with E-state index >= 15 is 0 Å². The van der Waals surface area contributed by atoms with Gasteiger partial charge in [-0.05, 0) is 26.3 Å². The normalized spacial score (nSPS) is 28.6. The van der Waals surface area contributed by atoms with E-state index in [2.05, 4.69) is 4.90 Å². The molecule has 3 saturated heterocycles. The number of rotatable bonds is 3. The smallest absolute Gasteiger partial charge is 0.243 e. The zero-order valence-electron chi connectivity index (χ0n) is 13.9. The molecule has 130 valence electrons. The average Bonchev–Trinajstić information content (AvgIpc) is 3.10. The number of piperidine rings is 1. The van der Waals surface area contributed by atoms with Gasteiger partial charge in [0.25, 0.3) is 0 Å². The van der Waals surface area contributed by atoms with Gasteiger partial charge in [-0.3, -0.25) is 14.5 Å². The summed E-state index contributed by atoms with van der Waals surface area (Å²) in [5.41, 5.74) is -0.504. The summed E-state index contributed by atoms with van der Waals surface area (Å²) in [6, 6.07) is 0. The van der Waals surface area contributed by atoms with Crippen LogP contribution in [0.1, 0.15) is 19.3 Å². The van der Waals surface area contributed by atoms with Crippen molar-refractivity contribution in [2.75, 3.05) is 59.6 Å². The molecule has 0 saturated carbocycles. The summed E-state index contributed by atoms with van der Waals surface area (Å²) in [6.45, 7) is 4.33. The van der Waals surface area contributed by atoms with Gasteiger partial charge >= 0.3 is 0 Å². The number of ether oxygens (including phenoxy) is 1. The highest BCUT2D eigenvalue weighted by atomic mass is 16.5. The summed E-state index contributed by atoms with van der Waals surface area (Å²) < 4.78 is 5.31. The van der Waals surface area contributed by atoms with Crippen LogP contribution in [0, 0.1) is 5.92 Å². The minimum atomic E-state index is -0.504. The van der Waals surface area contributed by atoms with Crippen molar-refractivity contribution in [3.05, 3.63) is 0 Å². The Morgan fingerprint density at radius 2 is 2.04 bits per heavy atom. The van der Waals surface area contributed by atoms with E-state index in [0.29, 0.717) is 52.2 Å². The lowest BCUT2D eigenvalue weighted by Gasteiger charge is -2.51. The van der Waals surface area contributed by atoms with Crippen LogP contribution in [0.25, 0.3) is 0 Å². The summed E-state index contributed by atoms with van der Waals surface area (Å²) in [7, 11) is 2.00. The third-order valence-corrected chi connectivity index (χ3v) is 5.67. The van der Waals surface area contributed by atoms with Gasteiger partial charge in [-0.2, -0.15) is 0 Å². The number of β-amino-alcohol motifs (C(OH)–C–C–N with tert-alkyl or cyclic N) is 1. The first kappa shape index (κ1) is 16.7. The molecule has 3 aliphatic heterocycles. The number of aliphatic hydroxyl groups excluding tert-OH is 1. The zero-order valence-corrected chi connectivity index (χ0v) is 13.9. The van der Waals surface area contributed by atoms with Crippen LogP contribution in [0.5, 0.6) is 0 Å². The third kappa shape index (κ3) is 2.97. The van der Waals surface area contributed by atoms with Crippen molar-refractivity contribution >= 4 is 11.8 Å². The predicted octanol–water partition coefficient (Wildman–Crippen LogP) is -0.850.